The Morgan fingerprint density at radius 3 is 3.00 bits per heavy atom. The van der Waals surface area contributed by atoms with Crippen molar-refractivity contribution in [2.45, 2.75) is 44.6 Å². The predicted octanol–water partition coefficient (Wildman–Crippen LogP) is 3.21. The van der Waals surface area contributed by atoms with Crippen LogP contribution in [-0.4, -0.2) is 16.7 Å². The minimum Gasteiger partial charge on any atom is -0.338 e. The molecule has 0 saturated carbocycles. The highest BCUT2D eigenvalue weighted by molar-refractivity contribution is 5.36. The molecule has 0 radical (unpaired) electrons. The molecular weight excluding hydrogens is 262 g/mol. The van der Waals surface area contributed by atoms with Crippen LogP contribution in [0, 0.1) is 5.92 Å². The van der Waals surface area contributed by atoms with Crippen molar-refractivity contribution in [3.63, 3.8) is 0 Å². The number of hydrogen-bond donors (Lipinski definition) is 1. The molecule has 1 aliphatic carbocycles. The Morgan fingerprint density at radius 2 is 2.14 bits per heavy atom. The Kier molecular flexibility index (Phi) is 3.26. The van der Waals surface area contributed by atoms with Gasteiger partial charge < -0.3 is 9.84 Å². The van der Waals surface area contributed by atoms with Crippen LogP contribution in [0.25, 0.3) is 0 Å². The zero-order valence-electron chi connectivity index (χ0n) is 12.4. The Morgan fingerprint density at radius 1 is 1.24 bits per heavy atom. The smallest absolute Gasteiger partial charge is 0.244 e. The van der Waals surface area contributed by atoms with Crippen LogP contribution in [0.5, 0.6) is 0 Å². The molecule has 4 nitrogen and oxygen atoms in total. The van der Waals surface area contributed by atoms with E-state index in [0.29, 0.717) is 11.8 Å². The fourth-order valence-corrected chi connectivity index (χ4v) is 3.70. The van der Waals surface area contributed by atoms with Gasteiger partial charge in [0.15, 0.2) is 5.82 Å². The van der Waals surface area contributed by atoms with Crippen LogP contribution < -0.4 is 5.32 Å². The third-order valence-corrected chi connectivity index (χ3v) is 4.94. The molecule has 1 aliphatic heterocycles. The lowest BCUT2D eigenvalue weighted by atomic mass is 9.82. The van der Waals surface area contributed by atoms with Gasteiger partial charge >= 0.3 is 0 Å². The van der Waals surface area contributed by atoms with Gasteiger partial charge in [-0.2, -0.15) is 4.98 Å². The van der Waals surface area contributed by atoms with Gasteiger partial charge in [0.05, 0.1) is 6.04 Å². The van der Waals surface area contributed by atoms with Gasteiger partial charge in [0.25, 0.3) is 0 Å². The normalized spacial score (nSPS) is 28.5. The summed E-state index contributed by atoms with van der Waals surface area (Å²) in [7, 11) is 0. The Labute approximate surface area is 124 Å². The second-order valence-corrected chi connectivity index (χ2v) is 6.33. The molecule has 110 valence electrons. The van der Waals surface area contributed by atoms with E-state index in [-0.39, 0.29) is 6.04 Å². The number of hydrogen-bond acceptors (Lipinski definition) is 4. The van der Waals surface area contributed by atoms with Crippen LogP contribution in [0.2, 0.25) is 0 Å². The molecule has 2 aliphatic rings. The van der Waals surface area contributed by atoms with Crippen molar-refractivity contribution in [2.75, 3.05) is 6.54 Å². The van der Waals surface area contributed by atoms with Gasteiger partial charge in [0.1, 0.15) is 0 Å². The number of aryl methyl sites for hydroxylation is 1. The lowest BCUT2D eigenvalue weighted by Crippen LogP contribution is -2.17. The van der Waals surface area contributed by atoms with E-state index in [1.165, 1.54) is 30.4 Å². The van der Waals surface area contributed by atoms with Crippen LogP contribution in [-0.2, 0) is 6.42 Å². The molecule has 4 heteroatoms. The highest BCUT2D eigenvalue weighted by Crippen LogP contribution is 2.36. The number of aromatic nitrogens is 2. The maximum Gasteiger partial charge on any atom is 0.244 e. The third-order valence-electron chi connectivity index (χ3n) is 4.94. The first-order valence-corrected chi connectivity index (χ1v) is 7.97. The lowest BCUT2D eigenvalue weighted by Gasteiger charge is -2.22. The molecule has 1 aromatic carbocycles. The van der Waals surface area contributed by atoms with Gasteiger partial charge in [-0.3, -0.25) is 0 Å². The summed E-state index contributed by atoms with van der Waals surface area (Å²) in [5.74, 6) is 2.48. The van der Waals surface area contributed by atoms with E-state index in [2.05, 4.69) is 41.7 Å². The molecule has 21 heavy (non-hydrogen) atoms. The first-order valence-electron chi connectivity index (χ1n) is 7.97. The van der Waals surface area contributed by atoms with E-state index < -0.39 is 0 Å². The molecule has 0 spiro atoms. The average Bonchev–Trinajstić information content (AvgIpc) is 3.15. The summed E-state index contributed by atoms with van der Waals surface area (Å²) in [5.41, 5.74) is 2.82. The SMILES string of the molecule is CC1CCNC1c1nc(C2CCCc3ccccc32)no1. The third kappa shape index (κ3) is 2.27. The van der Waals surface area contributed by atoms with Crippen LogP contribution in [0.4, 0.5) is 0 Å². The molecule has 4 rings (SSSR count). The van der Waals surface area contributed by atoms with Gasteiger partial charge in [-0.05, 0) is 49.3 Å². The molecule has 2 heterocycles. The lowest BCUT2D eigenvalue weighted by molar-refractivity contribution is 0.315. The van der Waals surface area contributed by atoms with Crippen molar-refractivity contribution in [3.05, 3.63) is 47.1 Å². The Balaban J connectivity index is 1.65. The molecule has 1 fully saturated rings. The summed E-state index contributed by atoms with van der Waals surface area (Å²) in [6.07, 6.45) is 4.65. The van der Waals surface area contributed by atoms with E-state index in [0.717, 1.165) is 24.7 Å². The highest BCUT2D eigenvalue weighted by atomic mass is 16.5. The molecule has 1 saturated heterocycles. The maximum atomic E-state index is 5.56. The number of fused-ring (bicyclic) bond motifs is 1. The molecule has 1 N–H and O–H groups in total. The Hall–Kier alpha value is -1.68. The molecule has 1 aromatic heterocycles. The van der Waals surface area contributed by atoms with Gasteiger partial charge in [-0.15, -0.1) is 0 Å². The molecule has 0 bridgehead atoms. The minimum absolute atomic E-state index is 0.227. The minimum atomic E-state index is 0.227. The zero-order valence-corrected chi connectivity index (χ0v) is 12.4. The van der Waals surface area contributed by atoms with E-state index in [1.54, 1.807) is 0 Å². The van der Waals surface area contributed by atoms with Crippen LogP contribution >= 0.6 is 0 Å². The maximum absolute atomic E-state index is 5.56. The number of nitrogens with zero attached hydrogens (tertiary/aromatic N) is 2. The second kappa shape index (κ2) is 5.26. The topological polar surface area (TPSA) is 51.0 Å². The number of benzene rings is 1. The number of rotatable bonds is 2. The Bertz CT molecular complexity index is 636. The van der Waals surface area contributed by atoms with Gasteiger partial charge in [0.2, 0.25) is 5.89 Å². The quantitative estimate of drug-likeness (QED) is 0.919. The fraction of sp³-hybridized carbons (Fsp3) is 0.529. The van der Waals surface area contributed by atoms with Crippen molar-refractivity contribution in [1.82, 2.24) is 15.5 Å². The van der Waals surface area contributed by atoms with Crippen LogP contribution in [0.15, 0.2) is 28.8 Å². The first-order chi connectivity index (χ1) is 10.3. The summed E-state index contributed by atoms with van der Waals surface area (Å²) in [4.78, 5) is 4.72. The highest BCUT2D eigenvalue weighted by Gasteiger charge is 2.31. The van der Waals surface area contributed by atoms with E-state index in [9.17, 15) is 0 Å². The summed E-state index contributed by atoms with van der Waals surface area (Å²) in [5, 5.41) is 7.75. The first kappa shape index (κ1) is 13.0. The fourth-order valence-electron chi connectivity index (χ4n) is 3.70. The molecule has 3 atom stereocenters. The van der Waals surface area contributed by atoms with E-state index in [4.69, 9.17) is 9.51 Å². The van der Waals surface area contributed by atoms with Crippen LogP contribution in [0.1, 0.15) is 61.0 Å². The summed E-state index contributed by atoms with van der Waals surface area (Å²) < 4.78 is 5.56. The second-order valence-electron chi connectivity index (χ2n) is 6.33. The molecule has 3 unspecified atom stereocenters. The van der Waals surface area contributed by atoms with Gasteiger partial charge in [0, 0.05) is 5.92 Å². The predicted molar refractivity (Wildman–Crippen MR) is 80.0 cm³/mol. The van der Waals surface area contributed by atoms with Crippen molar-refractivity contribution < 1.29 is 4.52 Å². The van der Waals surface area contributed by atoms with E-state index in [1.807, 2.05) is 0 Å². The zero-order chi connectivity index (χ0) is 14.2. The van der Waals surface area contributed by atoms with Gasteiger partial charge in [-0.25, -0.2) is 0 Å². The summed E-state index contributed by atoms with van der Waals surface area (Å²) >= 11 is 0. The summed E-state index contributed by atoms with van der Waals surface area (Å²) in [6.45, 7) is 3.28. The van der Waals surface area contributed by atoms with Crippen molar-refractivity contribution in [3.8, 4) is 0 Å². The van der Waals surface area contributed by atoms with Gasteiger partial charge in [-0.1, -0.05) is 36.3 Å². The molecule has 2 aromatic rings. The van der Waals surface area contributed by atoms with Crippen molar-refractivity contribution >= 4 is 0 Å². The van der Waals surface area contributed by atoms with Crippen LogP contribution in [0.3, 0.4) is 0 Å². The average molecular weight is 283 g/mol. The largest absolute Gasteiger partial charge is 0.338 e. The number of nitrogens with one attached hydrogen (secondary N) is 1. The monoisotopic (exact) mass is 283 g/mol. The van der Waals surface area contributed by atoms with E-state index >= 15 is 0 Å². The molecule has 0 amide bonds. The standard InChI is InChI=1S/C17H21N3O/c1-11-9-10-18-15(11)17-19-16(20-21-17)14-8-4-6-12-5-2-3-7-13(12)14/h2-3,5,7,11,14-15,18H,4,6,8-10H2,1H3. The van der Waals surface area contributed by atoms with Crippen molar-refractivity contribution in [1.29, 1.82) is 0 Å². The summed E-state index contributed by atoms with van der Waals surface area (Å²) in [6, 6.07) is 8.89. The molecular formula is C17H21N3O. The van der Waals surface area contributed by atoms with Crippen molar-refractivity contribution in [2.24, 2.45) is 5.92 Å².